The molecular weight excluding hydrogens is 358 g/mol. The number of guanidine groups is 1. The zero-order chi connectivity index (χ0) is 19.1. The lowest BCUT2D eigenvalue weighted by molar-refractivity contribution is 0.198. The van der Waals surface area contributed by atoms with Crippen LogP contribution in [0.15, 0.2) is 26.3 Å². The van der Waals surface area contributed by atoms with Gasteiger partial charge >= 0.3 is 0 Å². The van der Waals surface area contributed by atoms with E-state index in [0.717, 1.165) is 69.4 Å². The summed E-state index contributed by atoms with van der Waals surface area (Å²) in [5.74, 6) is 1.82. The molecule has 0 radical (unpaired) electrons. The van der Waals surface area contributed by atoms with Crippen LogP contribution in [0.4, 0.5) is 0 Å². The quantitative estimate of drug-likeness (QED) is 0.563. The normalized spacial score (nSPS) is 16.6. The van der Waals surface area contributed by atoms with E-state index in [1.807, 2.05) is 13.8 Å². The van der Waals surface area contributed by atoms with Crippen molar-refractivity contribution in [2.45, 2.75) is 52.6 Å². The highest BCUT2D eigenvalue weighted by Gasteiger charge is 2.20. The fourth-order valence-electron chi connectivity index (χ4n) is 3.53. The van der Waals surface area contributed by atoms with Crippen LogP contribution in [0, 0.1) is 13.8 Å². The minimum absolute atomic E-state index is 0.487. The highest BCUT2D eigenvalue weighted by Crippen LogP contribution is 2.16. The first kappa shape index (κ1) is 19.9. The molecule has 0 saturated carbocycles. The summed E-state index contributed by atoms with van der Waals surface area (Å²) in [6, 6.07) is 2.71. The van der Waals surface area contributed by atoms with E-state index in [-0.39, 0.29) is 0 Å². The fraction of sp³-hybridized carbons (Fsp3) is 0.600. The van der Waals surface area contributed by atoms with Gasteiger partial charge in [-0.3, -0.25) is 9.89 Å². The Morgan fingerprint density at radius 3 is 2.81 bits per heavy atom. The molecule has 2 aromatic rings. The Morgan fingerprint density at radius 1 is 1.37 bits per heavy atom. The molecule has 0 spiro atoms. The Labute approximate surface area is 166 Å². The zero-order valence-electron chi connectivity index (χ0n) is 16.6. The first-order valence-electron chi connectivity index (χ1n) is 9.85. The van der Waals surface area contributed by atoms with E-state index in [9.17, 15) is 0 Å². The molecule has 2 aromatic heterocycles. The number of aromatic nitrogens is 1. The molecule has 1 fully saturated rings. The fourth-order valence-corrected chi connectivity index (χ4v) is 4.19. The number of aryl methyl sites for hydroxylation is 2. The van der Waals surface area contributed by atoms with Crippen molar-refractivity contribution in [1.29, 1.82) is 0 Å². The molecule has 1 aliphatic rings. The van der Waals surface area contributed by atoms with Crippen LogP contribution in [-0.4, -0.2) is 48.2 Å². The van der Waals surface area contributed by atoms with Gasteiger partial charge in [0.1, 0.15) is 5.76 Å². The third kappa shape index (κ3) is 5.81. The second-order valence-electron chi connectivity index (χ2n) is 7.14. The van der Waals surface area contributed by atoms with Crippen LogP contribution in [0.5, 0.6) is 0 Å². The van der Waals surface area contributed by atoms with E-state index in [2.05, 4.69) is 44.4 Å². The van der Waals surface area contributed by atoms with E-state index in [1.165, 1.54) is 11.1 Å². The van der Waals surface area contributed by atoms with Gasteiger partial charge in [0.25, 0.3) is 0 Å². The average Bonchev–Trinajstić information content (AvgIpc) is 3.28. The van der Waals surface area contributed by atoms with Crippen molar-refractivity contribution < 1.29 is 4.52 Å². The van der Waals surface area contributed by atoms with Crippen LogP contribution in [-0.2, 0) is 13.0 Å². The van der Waals surface area contributed by atoms with Crippen molar-refractivity contribution in [3.05, 3.63) is 39.4 Å². The summed E-state index contributed by atoms with van der Waals surface area (Å²) >= 11 is 1.78. The maximum atomic E-state index is 5.24. The number of rotatable bonds is 7. The maximum Gasteiger partial charge on any atom is 0.191 e. The number of thiophene rings is 1. The third-order valence-electron chi connectivity index (χ3n) is 5.07. The van der Waals surface area contributed by atoms with Crippen LogP contribution in [0.3, 0.4) is 0 Å². The topological polar surface area (TPSA) is 65.7 Å². The second-order valence-corrected chi connectivity index (χ2v) is 7.92. The molecule has 0 unspecified atom stereocenters. The SMILES string of the molecule is CCNC(=NCCc1c(C)noc1C)NC1CCN(Cc2ccsc2)CC1. The first-order chi connectivity index (χ1) is 13.2. The first-order valence-corrected chi connectivity index (χ1v) is 10.8. The Bertz CT molecular complexity index is 697. The summed E-state index contributed by atoms with van der Waals surface area (Å²) in [7, 11) is 0. The van der Waals surface area contributed by atoms with Gasteiger partial charge in [0.15, 0.2) is 5.96 Å². The standard InChI is InChI=1S/C20H31N5OS/c1-4-21-20(22-9-5-19-15(2)24-26-16(19)3)23-18-6-10-25(11-7-18)13-17-8-12-27-14-17/h8,12,14,18H,4-7,9-11,13H2,1-3H3,(H2,21,22,23). The highest BCUT2D eigenvalue weighted by atomic mass is 32.1. The van der Waals surface area contributed by atoms with Crippen molar-refractivity contribution in [1.82, 2.24) is 20.7 Å². The summed E-state index contributed by atoms with van der Waals surface area (Å²) in [6.45, 7) is 11.0. The molecule has 7 heteroatoms. The van der Waals surface area contributed by atoms with Gasteiger partial charge in [-0.15, -0.1) is 0 Å². The van der Waals surface area contributed by atoms with Gasteiger partial charge in [-0.2, -0.15) is 11.3 Å². The van der Waals surface area contributed by atoms with E-state index in [0.29, 0.717) is 6.04 Å². The molecular formula is C20H31N5OS. The predicted octanol–water partition coefficient (Wildman–Crippen LogP) is 3.12. The van der Waals surface area contributed by atoms with Crippen LogP contribution >= 0.6 is 11.3 Å². The molecule has 6 nitrogen and oxygen atoms in total. The molecule has 1 aliphatic heterocycles. The molecule has 0 aromatic carbocycles. The molecule has 0 amide bonds. The number of likely N-dealkylation sites (tertiary alicyclic amines) is 1. The molecule has 3 heterocycles. The van der Waals surface area contributed by atoms with Crippen molar-refractivity contribution in [3.8, 4) is 0 Å². The van der Waals surface area contributed by atoms with Crippen LogP contribution < -0.4 is 10.6 Å². The number of nitrogens with one attached hydrogen (secondary N) is 2. The number of hydrogen-bond donors (Lipinski definition) is 2. The summed E-state index contributed by atoms with van der Waals surface area (Å²) in [6.07, 6.45) is 3.16. The second kappa shape index (κ2) is 9.90. The lowest BCUT2D eigenvalue weighted by Crippen LogP contribution is -2.48. The van der Waals surface area contributed by atoms with E-state index in [4.69, 9.17) is 9.52 Å². The van der Waals surface area contributed by atoms with E-state index < -0.39 is 0 Å². The Morgan fingerprint density at radius 2 is 2.19 bits per heavy atom. The summed E-state index contributed by atoms with van der Waals surface area (Å²) in [5, 5.41) is 15.4. The van der Waals surface area contributed by atoms with Crippen LogP contribution in [0.1, 0.15) is 42.3 Å². The summed E-state index contributed by atoms with van der Waals surface area (Å²) < 4.78 is 5.24. The lowest BCUT2D eigenvalue weighted by Gasteiger charge is -2.33. The number of aliphatic imine (C=N–C) groups is 1. The van der Waals surface area contributed by atoms with Gasteiger partial charge < -0.3 is 15.2 Å². The Hall–Kier alpha value is -1.86. The minimum Gasteiger partial charge on any atom is -0.361 e. The van der Waals surface area contributed by atoms with Gasteiger partial charge in [-0.25, -0.2) is 0 Å². The largest absolute Gasteiger partial charge is 0.361 e. The van der Waals surface area contributed by atoms with Crippen LogP contribution in [0.2, 0.25) is 0 Å². The lowest BCUT2D eigenvalue weighted by atomic mass is 10.0. The minimum atomic E-state index is 0.487. The van der Waals surface area contributed by atoms with Gasteiger partial charge in [0.2, 0.25) is 0 Å². The van der Waals surface area contributed by atoms with Crippen molar-refractivity contribution in [2.75, 3.05) is 26.2 Å². The van der Waals surface area contributed by atoms with E-state index in [1.54, 1.807) is 11.3 Å². The predicted molar refractivity (Wildman–Crippen MR) is 111 cm³/mol. The average molecular weight is 390 g/mol. The molecule has 0 atom stereocenters. The molecule has 1 saturated heterocycles. The molecule has 0 bridgehead atoms. The van der Waals surface area contributed by atoms with Gasteiger partial charge in [0, 0.05) is 44.3 Å². The number of hydrogen-bond acceptors (Lipinski definition) is 5. The zero-order valence-corrected chi connectivity index (χ0v) is 17.4. The van der Waals surface area contributed by atoms with E-state index >= 15 is 0 Å². The maximum absolute atomic E-state index is 5.24. The highest BCUT2D eigenvalue weighted by molar-refractivity contribution is 7.07. The molecule has 0 aliphatic carbocycles. The summed E-state index contributed by atoms with van der Waals surface area (Å²) in [4.78, 5) is 7.30. The van der Waals surface area contributed by atoms with Crippen LogP contribution in [0.25, 0.3) is 0 Å². The molecule has 27 heavy (non-hydrogen) atoms. The van der Waals surface area contributed by atoms with Gasteiger partial charge in [-0.05, 0) is 62.4 Å². The number of piperidine rings is 1. The third-order valence-corrected chi connectivity index (χ3v) is 5.80. The molecule has 148 valence electrons. The van der Waals surface area contributed by atoms with Crippen molar-refractivity contribution in [3.63, 3.8) is 0 Å². The smallest absolute Gasteiger partial charge is 0.191 e. The monoisotopic (exact) mass is 389 g/mol. The number of nitrogens with zero attached hydrogens (tertiary/aromatic N) is 3. The Balaban J connectivity index is 1.46. The van der Waals surface area contributed by atoms with Gasteiger partial charge in [0.05, 0.1) is 5.69 Å². The molecule has 2 N–H and O–H groups in total. The summed E-state index contributed by atoms with van der Waals surface area (Å²) in [5.41, 5.74) is 3.58. The Kier molecular flexibility index (Phi) is 7.29. The van der Waals surface area contributed by atoms with Gasteiger partial charge in [-0.1, -0.05) is 5.16 Å². The van der Waals surface area contributed by atoms with Crippen molar-refractivity contribution >= 4 is 17.3 Å². The molecule has 3 rings (SSSR count). The van der Waals surface area contributed by atoms with Crippen molar-refractivity contribution in [2.24, 2.45) is 4.99 Å².